The van der Waals surface area contributed by atoms with Crippen LogP contribution in [0.15, 0.2) is 0 Å². The molecule has 1 spiro atoms. The second-order valence-corrected chi connectivity index (χ2v) is 9.64. The molecule has 2 N–H and O–H groups in total. The molecule has 0 aromatic rings. The lowest BCUT2D eigenvalue weighted by atomic mass is 9.59. The van der Waals surface area contributed by atoms with Gasteiger partial charge in [0.25, 0.3) is 0 Å². The molecule has 1 aliphatic heterocycles. The molecule has 8 atom stereocenters. The Morgan fingerprint density at radius 2 is 1.92 bits per heavy atom. The average molecular weight is 348 g/mol. The standard InChI is InChI=1S/C19H24O6/c1-16-5-3-9-18(8-16,7-11(16)21)12(14(22)23)13-17(2)10(20)4-6-19(9,13)25-15(17)24/h9-10,12-13,20H,3-8H2,1-2H3,(H,22,23)/t9-,10+,12-,13-,16-,17+,18?,19?/m1/s1. The van der Waals surface area contributed by atoms with Gasteiger partial charge in [-0.25, -0.2) is 0 Å². The molecule has 136 valence electrons. The maximum atomic E-state index is 12.8. The van der Waals surface area contributed by atoms with Gasteiger partial charge in [-0.1, -0.05) is 6.92 Å². The summed E-state index contributed by atoms with van der Waals surface area (Å²) in [6.07, 6.45) is 2.36. The van der Waals surface area contributed by atoms with Crippen LogP contribution in [0.25, 0.3) is 0 Å². The average Bonchev–Trinajstić information content (AvgIpc) is 2.95. The van der Waals surface area contributed by atoms with E-state index in [1.54, 1.807) is 6.92 Å². The normalized spacial score (nSPS) is 58.7. The van der Waals surface area contributed by atoms with Crippen LogP contribution in [0.1, 0.15) is 52.4 Å². The van der Waals surface area contributed by atoms with Crippen molar-refractivity contribution in [2.45, 2.75) is 64.1 Å². The molecule has 25 heavy (non-hydrogen) atoms. The van der Waals surface area contributed by atoms with E-state index in [9.17, 15) is 24.6 Å². The van der Waals surface area contributed by atoms with Gasteiger partial charge in [0.05, 0.1) is 17.4 Å². The first kappa shape index (κ1) is 15.8. The van der Waals surface area contributed by atoms with Gasteiger partial charge in [0.1, 0.15) is 11.4 Å². The van der Waals surface area contributed by atoms with E-state index in [4.69, 9.17) is 4.74 Å². The molecular weight excluding hydrogens is 324 g/mol. The zero-order valence-corrected chi connectivity index (χ0v) is 14.6. The number of fused-ring (bicyclic) bond motifs is 1. The number of carbonyl (C=O) groups is 3. The summed E-state index contributed by atoms with van der Waals surface area (Å²) in [5.74, 6) is -2.70. The van der Waals surface area contributed by atoms with Crippen molar-refractivity contribution in [3.8, 4) is 0 Å². The number of carboxylic acid groups (broad SMARTS) is 1. The number of aliphatic hydroxyl groups is 1. The van der Waals surface area contributed by atoms with Gasteiger partial charge in [-0.3, -0.25) is 14.4 Å². The van der Waals surface area contributed by atoms with E-state index in [0.29, 0.717) is 19.3 Å². The highest BCUT2D eigenvalue weighted by molar-refractivity contribution is 5.91. The summed E-state index contributed by atoms with van der Waals surface area (Å²) in [6, 6.07) is 0. The highest BCUT2D eigenvalue weighted by Crippen LogP contribution is 2.78. The van der Waals surface area contributed by atoms with Crippen LogP contribution in [-0.2, 0) is 19.1 Å². The summed E-state index contributed by atoms with van der Waals surface area (Å²) in [5, 5.41) is 20.8. The number of ketones is 1. The number of hydrogen-bond donors (Lipinski definition) is 2. The summed E-state index contributed by atoms with van der Waals surface area (Å²) in [5.41, 5.74) is -3.08. The molecule has 6 nitrogen and oxygen atoms in total. The minimum Gasteiger partial charge on any atom is -0.481 e. The fourth-order valence-corrected chi connectivity index (χ4v) is 7.80. The fraction of sp³-hybridized carbons (Fsp3) is 0.842. The Morgan fingerprint density at radius 3 is 2.60 bits per heavy atom. The largest absolute Gasteiger partial charge is 0.481 e. The number of rotatable bonds is 1. The van der Waals surface area contributed by atoms with Crippen LogP contribution >= 0.6 is 0 Å². The summed E-state index contributed by atoms with van der Waals surface area (Å²) < 4.78 is 5.96. The molecule has 5 aliphatic rings. The molecule has 0 radical (unpaired) electrons. The van der Waals surface area contributed by atoms with Gasteiger partial charge in [0.2, 0.25) is 0 Å². The van der Waals surface area contributed by atoms with E-state index in [0.717, 1.165) is 12.8 Å². The quantitative estimate of drug-likeness (QED) is 0.697. The van der Waals surface area contributed by atoms with Gasteiger partial charge in [-0.15, -0.1) is 0 Å². The van der Waals surface area contributed by atoms with Crippen LogP contribution in [0, 0.1) is 34.0 Å². The van der Waals surface area contributed by atoms with Crippen LogP contribution in [0.5, 0.6) is 0 Å². The van der Waals surface area contributed by atoms with Crippen LogP contribution in [0.3, 0.4) is 0 Å². The number of ether oxygens (including phenoxy) is 1. The lowest BCUT2D eigenvalue weighted by Crippen LogP contribution is -2.53. The molecule has 1 heterocycles. The lowest BCUT2D eigenvalue weighted by molar-refractivity contribution is -0.163. The summed E-state index contributed by atoms with van der Waals surface area (Å²) in [6.45, 7) is 3.63. The molecule has 4 aliphatic carbocycles. The van der Waals surface area contributed by atoms with Crippen molar-refractivity contribution in [3.05, 3.63) is 0 Å². The number of aliphatic carboxylic acids is 1. The number of carbonyl (C=O) groups excluding carboxylic acids is 2. The van der Waals surface area contributed by atoms with Crippen LogP contribution in [0.2, 0.25) is 0 Å². The molecule has 1 saturated heterocycles. The maximum Gasteiger partial charge on any atom is 0.315 e. The van der Waals surface area contributed by atoms with Crippen LogP contribution < -0.4 is 0 Å². The number of Topliss-reactive ketones (excluding diaryl/α,β-unsaturated/α-hetero) is 1. The topological polar surface area (TPSA) is 101 Å². The van der Waals surface area contributed by atoms with Crippen molar-refractivity contribution in [1.82, 2.24) is 0 Å². The first-order valence-electron chi connectivity index (χ1n) is 9.29. The van der Waals surface area contributed by atoms with E-state index >= 15 is 0 Å². The van der Waals surface area contributed by atoms with Crippen molar-refractivity contribution in [3.63, 3.8) is 0 Å². The highest BCUT2D eigenvalue weighted by Gasteiger charge is 2.84. The molecule has 4 bridgehead atoms. The van der Waals surface area contributed by atoms with E-state index < -0.39 is 51.7 Å². The second-order valence-electron chi connectivity index (χ2n) is 9.64. The number of esters is 1. The summed E-state index contributed by atoms with van der Waals surface area (Å²) in [4.78, 5) is 37.9. The third kappa shape index (κ3) is 1.40. The maximum absolute atomic E-state index is 12.8. The lowest BCUT2D eigenvalue weighted by Gasteiger charge is -2.45. The smallest absolute Gasteiger partial charge is 0.315 e. The van der Waals surface area contributed by atoms with E-state index in [1.165, 1.54) is 0 Å². The molecule has 5 rings (SSSR count). The highest BCUT2D eigenvalue weighted by atomic mass is 16.6. The third-order valence-electron chi connectivity index (χ3n) is 8.77. The van der Waals surface area contributed by atoms with Crippen molar-refractivity contribution in [1.29, 1.82) is 0 Å². The molecule has 6 heteroatoms. The van der Waals surface area contributed by atoms with Gasteiger partial charge in [-0.05, 0) is 44.4 Å². The molecule has 0 aromatic heterocycles. The van der Waals surface area contributed by atoms with Crippen molar-refractivity contribution >= 4 is 17.7 Å². The van der Waals surface area contributed by atoms with Crippen molar-refractivity contribution in [2.75, 3.05) is 0 Å². The SMILES string of the molecule is C[C@]12CC[C@@H]3C(CC1=O)(C2)[C@@H](C(=O)O)[C@H]1C32CC[C@H](O)[C@]1(C)C(=O)O2. The van der Waals surface area contributed by atoms with E-state index in [-0.39, 0.29) is 18.1 Å². The molecule has 0 aromatic carbocycles. The van der Waals surface area contributed by atoms with Crippen LogP contribution in [-0.4, -0.2) is 39.6 Å². The third-order valence-corrected chi connectivity index (χ3v) is 8.77. The van der Waals surface area contributed by atoms with Crippen molar-refractivity contribution < 1.29 is 29.3 Å². The molecule has 0 amide bonds. The monoisotopic (exact) mass is 348 g/mol. The van der Waals surface area contributed by atoms with Gasteiger partial charge >= 0.3 is 11.9 Å². The van der Waals surface area contributed by atoms with Crippen LogP contribution in [0.4, 0.5) is 0 Å². The predicted molar refractivity (Wildman–Crippen MR) is 84.3 cm³/mol. The van der Waals surface area contributed by atoms with E-state index in [2.05, 4.69) is 0 Å². The van der Waals surface area contributed by atoms with Gasteiger partial charge in [0, 0.05) is 23.7 Å². The molecule has 5 fully saturated rings. The first-order valence-corrected chi connectivity index (χ1v) is 9.29. The predicted octanol–water partition coefficient (Wildman–Crippen LogP) is 1.54. The van der Waals surface area contributed by atoms with Crippen molar-refractivity contribution in [2.24, 2.45) is 34.0 Å². The number of aliphatic hydroxyl groups excluding tert-OH is 1. The Hall–Kier alpha value is -1.43. The summed E-state index contributed by atoms with van der Waals surface area (Å²) >= 11 is 0. The first-order chi connectivity index (χ1) is 11.6. The number of hydrogen-bond acceptors (Lipinski definition) is 5. The Balaban J connectivity index is 1.76. The van der Waals surface area contributed by atoms with Gasteiger partial charge in [-0.2, -0.15) is 0 Å². The fourth-order valence-electron chi connectivity index (χ4n) is 7.80. The zero-order valence-electron chi connectivity index (χ0n) is 14.6. The number of carboxylic acids is 1. The molecule has 4 saturated carbocycles. The minimum atomic E-state index is -1.19. The Kier molecular flexibility index (Phi) is 2.59. The van der Waals surface area contributed by atoms with E-state index in [1.807, 2.05) is 6.92 Å². The van der Waals surface area contributed by atoms with Gasteiger partial charge in [0.15, 0.2) is 0 Å². The Morgan fingerprint density at radius 1 is 1.20 bits per heavy atom. The zero-order chi connectivity index (χ0) is 18.0. The minimum absolute atomic E-state index is 0.0936. The Labute approximate surface area is 145 Å². The molecular formula is C19H24O6. The summed E-state index contributed by atoms with van der Waals surface area (Å²) in [7, 11) is 0. The van der Waals surface area contributed by atoms with Gasteiger partial charge < -0.3 is 14.9 Å². The Bertz CT molecular complexity index is 731. The molecule has 2 unspecified atom stereocenters. The second kappa shape index (κ2) is 4.11.